The van der Waals surface area contributed by atoms with Crippen molar-refractivity contribution in [1.82, 2.24) is 29.9 Å². The van der Waals surface area contributed by atoms with Crippen LogP contribution in [-0.4, -0.2) is 29.9 Å². The lowest BCUT2D eigenvalue weighted by Gasteiger charge is -2.61. The van der Waals surface area contributed by atoms with Gasteiger partial charge in [-0.3, -0.25) is 0 Å². The van der Waals surface area contributed by atoms with E-state index in [1.165, 1.54) is 54.4 Å². The molecule has 5 aliphatic rings. The van der Waals surface area contributed by atoms with E-state index >= 15 is 0 Å². The van der Waals surface area contributed by atoms with Crippen LogP contribution in [0.4, 0.5) is 0 Å². The van der Waals surface area contributed by atoms with Gasteiger partial charge in [-0.05, 0) is 101 Å². The Morgan fingerprint density at radius 1 is 0.297 bits per heavy atom. The van der Waals surface area contributed by atoms with Crippen molar-refractivity contribution in [3.05, 3.63) is 193 Å². The minimum atomic E-state index is -0.0292. The van der Waals surface area contributed by atoms with E-state index in [2.05, 4.69) is 133 Å². The second-order valence-electron chi connectivity index (χ2n) is 18.3. The van der Waals surface area contributed by atoms with E-state index in [4.69, 9.17) is 29.9 Å². The summed E-state index contributed by atoms with van der Waals surface area (Å²) in [6.07, 6.45) is 6.65. The Balaban J connectivity index is 0.992. The van der Waals surface area contributed by atoms with Crippen LogP contribution in [-0.2, 0) is 5.41 Å². The van der Waals surface area contributed by atoms with Gasteiger partial charge in [-0.2, -0.15) is 0 Å². The predicted molar refractivity (Wildman–Crippen MR) is 255 cm³/mol. The summed E-state index contributed by atoms with van der Waals surface area (Å²) < 4.78 is 0. The average molecular weight is 825 g/mol. The zero-order valence-electron chi connectivity index (χ0n) is 35.3. The Morgan fingerprint density at radius 3 is 1.20 bits per heavy atom. The molecular weight excluding hydrogens is 781 g/mol. The van der Waals surface area contributed by atoms with Gasteiger partial charge in [0.05, 0.1) is 0 Å². The first kappa shape index (κ1) is 37.1. The van der Waals surface area contributed by atoms with Crippen molar-refractivity contribution in [2.75, 3.05) is 0 Å². The number of nitrogens with zero attached hydrogens (tertiary/aromatic N) is 6. The van der Waals surface area contributed by atoms with Crippen LogP contribution in [0, 0.1) is 23.7 Å². The van der Waals surface area contributed by atoms with Crippen LogP contribution in [0.3, 0.4) is 0 Å². The summed E-state index contributed by atoms with van der Waals surface area (Å²) in [7, 11) is 0. The van der Waals surface area contributed by atoms with Gasteiger partial charge in [0.2, 0.25) is 0 Å². The molecule has 0 amide bonds. The first-order valence-corrected chi connectivity index (χ1v) is 22.8. The van der Waals surface area contributed by atoms with Crippen molar-refractivity contribution >= 4 is 0 Å². The highest BCUT2D eigenvalue weighted by molar-refractivity contribution is 5.94. The molecule has 14 rings (SSSR count). The molecule has 6 heteroatoms. The third-order valence-electron chi connectivity index (χ3n) is 14.8. The van der Waals surface area contributed by atoms with Gasteiger partial charge in [-0.1, -0.05) is 170 Å². The summed E-state index contributed by atoms with van der Waals surface area (Å²) >= 11 is 0. The number of rotatable bonds is 7. The van der Waals surface area contributed by atoms with Gasteiger partial charge in [0.15, 0.2) is 34.9 Å². The van der Waals surface area contributed by atoms with Gasteiger partial charge in [-0.15, -0.1) is 0 Å². The Labute approximate surface area is 373 Å². The summed E-state index contributed by atoms with van der Waals surface area (Å²) in [6, 6.07) is 64.0. The van der Waals surface area contributed by atoms with E-state index in [0.717, 1.165) is 56.3 Å². The molecular formula is C58H44N6. The molecule has 306 valence electrons. The van der Waals surface area contributed by atoms with Gasteiger partial charge in [-0.25, -0.2) is 29.9 Å². The van der Waals surface area contributed by atoms with Gasteiger partial charge in [0, 0.05) is 38.8 Å². The maximum atomic E-state index is 5.32. The van der Waals surface area contributed by atoms with Crippen LogP contribution >= 0.6 is 0 Å². The smallest absolute Gasteiger partial charge is 0.164 e. The Kier molecular flexibility index (Phi) is 8.61. The fourth-order valence-corrected chi connectivity index (χ4v) is 12.3. The molecule has 2 aromatic heterocycles. The standard InChI is InChI=1S/C58H44N6/c1-5-15-38(16-6-1)52-59-53(39-17-7-2-8-18-39)62-56(61-52)44-24-13-23-42(34-44)43-27-28-49-48(35-43)51-47(25-14-26-50(51)58(49)45-30-36-29-37(32-45)33-46(58)31-36)57-63-54(40-19-9-3-10-20-40)60-55(64-57)41-21-11-4-12-22-41/h1-28,34-37,45-46H,29-33H2. The summed E-state index contributed by atoms with van der Waals surface area (Å²) in [5, 5.41) is 0. The van der Waals surface area contributed by atoms with Crippen LogP contribution in [0.25, 0.3) is 90.6 Å². The minimum absolute atomic E-state index is 0.0292. The SMILES string of the molecule is c1ccc(-c2nc(-c3ccccc3)nc(-c3cccc(-c4ccc5c(c4)-c4c(-c6nc(-c7ccccc7)nc(-c7ccccc7)n6)cccc4C54C5CC6CC(C5)CC4C6)c3)n2)cc1. The quantitative estimate of drug-likeness (QED) is 0.159. The molecule has 1 spiro atoms. The number of hydrogen-bond acceptors (Lipinski definition) is 6. The normalized spacial score (nSPS) is 21.2. The maximum Gasteiger partial charge on any atom is 0.164 e. The number of aromatic nitrogens is 6. The molecule has 0 unspecified atom stereocenters. The van der Waals surface area contributed by atoms with Crippen LogP contribution in [0.2, 0.25) is 0 Å². The van der Waals surface area contributed by atoms with Gasteiger partial charge < -0.3 is 0 Å². The third kappa shape index (κ3) is 6.00. The summed E-state index contributed by atoms with van der Waals surface area (Å²) in [5.41, 5.74) is 13.7. The Morgan fingerprint density at radius 2 is 0.703 bits per heavy atom. The minimum Gasteiger partial charge on any atom is -0.208 e. The van der Waals surface area contributed by atoms with Crippen molar-refractivity contribution in [2.45, 2.75) is 37.5 Å². The lowest BCUT2D eigenvalue weighted by molar-refractivity contribution is -0.0399. The zero-order valence-corrected chi connectivity index (χ0v) is 35.3. The van der Waals surface area contributed by atoms with E-state index in [1.54, 1.807) is 0 Å². The fraction of sp³-hybridized carbons (Fsp3) is 0.172. The van der Waals surface area contributed by atoms with E-state index in [9.17, 15) is 0 Å². The fourth-order valence-electron chi connectivity index (χ4n) is 12.3. The zero-order chi connectivity index (χ0) is 42.2. The van der Waals surface area contributed by atoms with E-state index in [1.807, 2.05) is 48.5 Å². The number of hydrogen-bond donors (Lipinski definition) is 0. The third-order valence-corrected chi connectivity index (χ3v) is 14.8. The largest absolute Gasteiger partial charge is 0.208 e. The summed E-state index contributed by atoms with van der Waals surface area (Å²) in [6.45, 7) is 0. The lowest BCUT2D eigenvalue weighted by atomic mass is 9.43. The van der Waals surface area contributed by atoms with Gasteiger partial charge in [0.1, 0.15) is 0 Å². The molecule has 5 aliphatic carbocycles. The second kappa shape index (κ2) is 14.8. The summed E-state index contributed by atoms with van der Waals surface area (Å²) in [5.74, 6) is 6.95. The highest BCUT2D eigenvalue weighted by Crippen LogP contribution is 2.70. The molecule has 0 radical (unpaired) electrons. The maximum absolute atomic E-state index is 5.32. The lowest BCUT2D eigenvalue weighted by Crippen LogP contribution is -2.55. The monoisotopic (exact) mass is 824 g/mol. The van der Waals surface area contributed by atoms with E-state index < -0.39 is 0 Å². The number of benzene rings is 7. The van der Waals surface area contributed by atoms with Gasteiger partial charge >= 0.3 is 0 Å². The van der Waals surface area contributed by atoms with Gasteiger partial charge in [0.25, 0.3) is 0 Å². The van der Waals surface area contributed by atoms with Crippen molar-refractivity contribution in [3.63, 3.8) is 0 Å². The molecule has 4 bridgehead atoms. The first-order chi connectivity index (χ1) is 31.7. The molecule has 4 saturated carbocycles. The Hall–Kier alpha value is -7.44. The molecule has 7 aromatic carbocycles. The molecule has 64 heavy (non-hydrogen) atoms. The molecule has 0 atom stereocenters. The Bertz CT molecular complexity index is 3080. The average Bonchev–Trinajstić information content (AvgIpc) is 3.66. The van der Waals surface area contributed by atoms with Crippen molar-refractivity contribution < 1.29 is 0 Å². The predicted octanol–water partition coefficient (Wildman–Crippen LogP) is 13.4. The summed E-state index contributed by atoms with van der Waals surface area (Å²) in [4.78, 5) is 30.8. The molecule has 0 N–H and O–H groups in total. The van der Waals surface area contributed by atoms with Crippen LogP contribution in [0.15, 0.2) is 182 Å². The first-order valence-electron chi connectivity index (χ1n) is 22.8. The molecule has 0 saturated heterocycles. The van der Waals surface area contributed by atoms with Crippen molar-refractivity contribution in [3.8, 4) is 90.6 Å². The molecule has 9 aromatic rings. The number of fused-ring (bicyclic) bond motifs is 3. The van der Waals surface area contributed by atoms with E-state index in [0.29, 0.717) is 46.8 Å². The molecule has 0 aliphatic heterocycles. The molecule has 6 nitrogen and oxygen atoms in total. The van der Waals surface area contributed by atoms with Crippen LogP contribution < -0.4 is 0 Å². The molecule has 4 fully saturated rings. The van der Waals surface area contributed by atoms with Crippen LogP contribution in [0.1, 0.15) is 43.2 Å². The van der Waals surface area contributed by atoms with Crippen LogP contribution in [0.5, 0.6) is 0 Å². The van der Waals surface area contributed by atoms with Crippen molar-refractivity contribution in [2.24, 2.45) is 23.7 Å². The second-order valence-corrected chi connectivity index (χ2v) is 18.3. The van der Waals surface area contributed by atoms with E-state index in [-0.39, 0.29) is 5.41 Å². The highest BCUT2D eigenvalue weighted by atomic mass is 15.0. The van der Waals surface area contributed by atoms with Crippen molar-refractivity contribution in [1.29, 1.82) is 0 Å². The topological polar surface area (TPSA) is 77.3 Å². The molecule has 2 heterocycles. The highest BCUT2D eigenvalue weighted by Gasteiger charge is 2.61.